The molecule has 0 fully saturated rings. The van der Waals surface area contributed by atoms with Crippen molar-refractivity contribution in [2.45, 2.75) is 11.7 Å². The van der Waals surface area contributed by atoms with Crippen LogP contribution in [0.25, 0.3) is 0 Å². The van der Waals surface area contributed by atoms with E-state index in [-0.39, 0.29) is 0 Å². The molecule has 0 bridgehead atoms. The van der Waals surface area contributed by atoms with E-state index >= 15 is 0 Å². The number of halogens is 1. The van der Waals surface area contributed by atoms with Gasteiger partial charge in [-0.3, -0.25) is 0 Å². The van der Waals surface area contributed by atoms with E-state index in [0.29, 0.717) is 0 Å². The molecule has 0 atom stereocenters. The minimum Gasteiger partial charge on any atom is -0.424 e. The van der Waals surface area contributed by atoms with Gasteiger partial charge >= 0.3 is 15.7 Å². The predicted molar refractivity (Wildman–Crippen MR) is 43.2 cm³/mol. The van der Waals surface area contributed by atoms with E-state index in [1.54, 1.807) is 0 Å². The highest BCUT2D eigenvalue weighted by atomic mass is 27.2. The zero-order chi connectivity index (χ0) is 7.23. The van der Waals surface area contributed by atoms with E-state index < -0.39 is 15.7 Å². The highest BCUT2D eigenvalue weighted by Gasteiger charge is 1.93. The van der Waals surface area contributed by atoms with Gasteiger partial charge in [-0.2, -0.15) is 0 Å². The van der Waals surface area contributed by atoms with Crippen molar-refractivity contribution in [2.75, 3.05) is 0 Å². The van der Waals surface area contributed by atoms with Gasteiger partial charge in [0.2, 0.25) is 0 Å². The van der Waals surface area contributed by atoms with Crippen molar-refractivity contribution in [3.63, 3.8) is 0 Å². The smallest absolute Gasteiger partial charge is 0.424 e. The Balaban J connectivity index is 2.43. The van der Waals surface area contributed by atoms with Crippen LogP contribution in [0, 0.1) is 0 Å². The Hall–Kier alpha value is -0.318. The van der Waals surface area contributed by atoms with Gasteiger partial charge in [0, 0.05) is 0 Å². The lowest BCUT2D eigenvalue weighted by Crippen LogP contribution is -1.85. The van der Waals surface area contributed by atoms with E-state index in [0.717, 1.165) is 11.7 Å². The summed E-state index contributed by atoms with van der Waals surface area (Å²) in [7, 11) is 0. The molecule has 0 heterocycles. The maximum Gasteiger partial charge on any atom is 0.495 e. The van der Waals surface area contributed by atoms with Crippen LogP contribution in [0.15, 0.2) is 30.3 Å². The third kappa shape index (κ3) is 2.51. The molecule has 1 aromatic rings. The van der Waals surface area contributed by atoms with Crippen molar-refractivity contribution in [3.8, 4) is 0 Å². The van der Waals surface area contributed by atoms with E-state index in [1.165, 1.54) is 5.56 Å². The molecule has 0 aliphatic heterocycles. The van der Waals surface area contributed by atoms with Crippen molar-refractivity contribution in [1.82, 2.24) is 0 Å². The molecular weight excluding hydrogens is 142 g/mol. The fourth-order valence-corrected chi connectivity index (χ4v) is 1.46. The van der Waals surface area contributed by atoms with Crippen molar-refractivity contribution in [3.05, 3.63) is 35.9 Å². The molecule has 10 heavy (non-hydrogen) atoms. The highest BCUT2D eigenvalue weighted by Crippen LogP contribution is 2.01. The molecule has 0 amide bonds. The Morgan fingerprint density at radius 2 is 1.90 bits per heavy atom. The average molecular weight is 152 g/mol. The zero-order valence-corrected chi connectivity index (χ0v) is 7.30. The lowest BCUT2D eigenvalue weighted by atomic mass is 10.2. The van der Waals surface area contributed by atoms with Gasteiger partial charge in [0.15, 0.2) is 0 Å². The molecule has 1 aromatic carbocycles. The second kappa shape index (κ2) is 4.49. The van der Waals surface area contributed by atoms with Gasteiger partial charge in [0.25, 0.3) is 0 Å². The Morgan fingerprint density at radius 1 is 1.20 bits per heavy atom. The van der Waals surface area contributed by atoms with Crippen LogP contribution in [-0.2, 0) is 6.42 Å². The zero-order valence-electron chi connectivity index (χ0n) is 5.89. The number of hydrogen-bond donors (Lipinski definition) is 0. The van der Waals surface area contributed by atoms with Crippen LogP contribution in [0.3, 0.4) is 0 Å². The van der Waals surface area contributed by atoms with Crippen LogP contribution in [0.2, 0.25) is 5.28 Å². The van der Waals surface area contributed by atoms with Crippen LogP contribution in [0.1, 0.15) is 5.56 Å². The summed E-state index contributed by atoms with van der Waals surface area (Å²) >= 11 is -1.23. The Labute approximate surface area is 67.3 Å². The third-order valence-electron chi connectivity index (χ3n) is 1.44. The number of hydrogen-bond acceptors (Lipinski definition) is 0. The summed E-state index contributed by atoms with van der Waals surface area (Å²) in [6.45, 7) is 0. The normalized spacial score (nSPS) is 9.30. The van der Waals surface area contributed by atoms with Gasteiger partial charge in [-0.15, -0.1) is 0 Å². The number of aryl methyl sites for hydroxylation is 1. The fraction of sp³-hybridized carbons (Fsp3) is 0.250. The SMILES string of the molecule is [F][AlH][CH2]Cc1ccccc1. The average Bonchev–Trinajstić information content (AvgIpc) is 2.03. The summed E-state index contributed by atoms with van der Waals surface area (Å²) < 4.78 is 11.8. The molecule has 0 aromatic heterocycles. The molecule has 0 aliphatic carbocycles. The second-order valence-corrected chi connectivity index (χ2v) is 3.36. The van der Waals surface area contributed by atoms with Crippen molar-refractivity contribution < 1.29 is 3.52 Å². The molecular formula is C8H10AlF. The highest BCUT2D eigenvalue weighted by molar-refractivity contribution is 6.26. The van der Waals surface area contributed by atoms with Crippen LogP contribution in [-0.4, -0.2) is 15.7 Å². The molecule has 0 saturated carbocycles. The molecule has 0 radical (unpaired) electrons. The molecule has 2 heteroatoms. The van der Waals surface area contributed by atoms with Crippen LogP contribution < -0.4 is 0 Å². The van der Waals surface area contributed by atoms with Gasteiger partial charge in [0.1, 0.15) is 0 Å². The lowest BCUT2D eigenvalue weighted by molar-refractivity contribution is 0.850. The quantitative estimate of drug-likeness (QED) is 0.581. The summed E-state index contributed by atoms with van der Waals surface area (Å²) in [5.74, 6) is 0. The summed E-state index contributed by atoms with van der Waals surface area (Å²) in [6, 6.07) is 10.1. The number of rotatable bonds is 3. The fourth-order valence-electron chi connectivity index (χ4n) is 0.916. The first-order chi connectivity index (χ1) is 4.93. The summed E-state index contributed by atoms with van der Waals surface area (Å²) in [4.78, 5) is 0. The van der Waals surface area contributed by atoms with Gasteiger partial charge in [-0.25, -0.2) is 0 Å². The van der Waals surface area contributed by atoms with E-state index in [9.17, 15) is 3.52 Å². The van der Waals surface area contributed by atoms with E-state index in [2.05, 4.69) is 0 Å². The Morgan fingerprint density at radius 3 is 2.50 bits per heavy atom. The lowest BCUT2D eigenvalue weighted by Gasteiger charge is -1.94. The molecule has 0 nitrogen and oxygen atoms in total. The van der Waals surface area contributed by atoms with E-state index in [1.807, 2.05) is 30.3 Å². The van der Waals surface area contributed by atoms with Crippen LogP contribution >= 0.6 is 0 Å². The molecule has 0 N–H and O–H groups in total. The Bertz CT molecular complexity index is 174. The summed E-state index contributed by atoms with van der Waals surface area (Å²) in [5.41, 5.74) is 1.26. The maximum atomic E-state index is 11.8. The van der Waals surface area contributed by atoms with Crippen LogP contribution in [0.5, 0.6) is 0 Å². The second-order valence-electron chi connectivity index (χ2n) is 2.28. The maximum absolute atomic E-state index is 11.8. The standard InChI is InChI=1S/C8H9.Al.FH.H/c1-2-8-6-4-3-5-7-8;;;/h3-7H,1-2H2;;1H;/q;+1;;/p-1. The minimum absolute atomic E-state index is 0.782. The van der Waals surface area contributed by atoms with E-state index in [4.69, 9.17) is 0 Å². The van der Waals surface area contributed by atoms with Crippen molar-refractivity contribution >= 4 is 15.7 Å². The van der Waals surface area contributed by atoms with Gasteiger partial charge in [0.05, 0.1) is 0 Å². The molecule has 0 spiro atoms. The van der Waals surface area contributed by atoms with Crippen molar-refractivity contribution in [1.29, 1.82) is 0 Å². The minimum atomic E-state index is -1.23. The summed E-state index contributed by atoms with van der Waals surface area (Å²) in [6.07, 6.45) is 0.920. The molecule has 0 aliphatic rings. The molecule has 52 valence electrons. The molecule has 1 rings (SSSR count). The Kier molecular flexibility index (Phi) is 3.50. The molecule has 0 unspecified atom stereocenters. The number of benzene rings is 1. The summed E-state index contributed by atoms with van der Waals surface area (Å²) in [5, 5.41) is 0.782. The van der Waals surface area contributed by atoms with Gasteiger partial charge in [-0.05, 0) is 12.0 Å². The predicted octanol–water partition coefficient (Wildman–Crippen LogP) is 1.97. The van der Waals surface area contributed by atoms with Gasteiger partial charge < -0.3 is 3.52 Å². The molecule has 0 saturated heterocycles. The monoisotopic (exact) mass is 152 g/mol. The van der Waals surface area contributed by atoms with Crippen molar-refractivity contribution in [2.24, 2.45) is 0 Å². The first-order valence-corrected chi connectivity index (χ1v) is 5.07. The van der Waals surface area contributed by atoms with Gasteiger partial charge in [-0.1, -0.05) is 35.6 Å². The first-order valence-electron chi connectivity index (χ1n) is 3.53. The third-order valence-corrected chi connectivity index (χ3v) is 2.06. The first kappa shape index (κ1) is 7.79. The largest absolute Gasteiger partial charge is 0.495 e. The topological polar surface area (TPSA) is 0 Å². The van der Waals surface area contributed by atoms with Crippen LogP contribution in [0.4, 0.5) is 3.52 Å².